The third-order valence-corrected chi connectivity index (χ3v) is 2.84. The van der Waals surface area contributed by atoms with Crippen molar-refractivity contribution in [3.63, 3.8) is 0 Å². The minimum Gasteiger partial charge on any atom is -0.0848 e. The first-order valence-corrected chi connectivity index (χ1v) is 7.23. The normalized spacial score (nSPS) is 11.9. The van der Waals surface area contributed by atoms with Gasteiger partial charge < -0.3 is 0 Å². The first kappa shape index (κ1) is 15.5. The van der Waals surface area contributed by atoms with Gasteiger partial charge in [-0.25, -0.2) is 0 Å². The Bertz CT molecular complexity index is 165. The molecule has 0 rings (SSSR count). The molecule has 0 radical (unpaired) electrons. The maximum atomic E-state index is 2.29. The van der Waals surface area contributed by atoms with Crippen LogP contribution in [0.25, 0.3) is 0 Å². The van der Waals surface area contributed by atoms with E-state index in [0.29, 0.717) is 0 Å². The van der Waals surface area contributed by atoms with E-state index < -0.39 is 0 Å². The van der Waals surface area contributed by atoms with E-state index in [1.807, 2.05) is 0 Å². The Morgan fingerprint density at radius 2 is 1.19 bits per heavy atom. The maximum Gasteiger partial charge on any atom is -0.0348 e. The van der Waals surface area contributed by atoms with Gasteiger partial charge in [0.15, 0.2) is 0 Å². The van der Waals surface area contributed by atoms with Gasteiger partial charge >= 0.3 is 0 Å². The summed E-state index contributed by atoms with van der Waals surface area (Å²) in [5, 5.41) is 0. The van der Waals surface area contributed by atoms with Crippen LogP contribution in [0.5, 0.6) is 0 Å². The van der Waals surface area contributed by atoms with Gasteiger partial charge in [0.25, 0.3) is 0 Å². The van der Waals surface area contributed by atoms with E-state index in [1.165, 1.54) is 57.8 Å². The van der Waals surface area contributed by atoms with Gasteiger partial charge in [-0.1, -0.05) is 83.1 Å². The molecular weight excluding hydrogens is 192 g/mol. The second-order valence-corrected chi connectivity index (χ2v) is 4.53. The van der Waals surface area contributed by atoms with Crippen LogP contribution < -0.4 is 0 Å². The quantitative estimate of drug-likeness (QED) is 0.295. The lowest BCUT2D eigenvalue weighted by atomic mass is 10.1. The number of rotatable bonds is 11. The lowest BCUT2D eigenvalue weighted by Gasteiger charge is -1.99. The van der Waals surface area contributed by atoms with Crippen molar-refractivity contribution in [1.29, 1.82) is 0 Å². The van der Waals surface area contributed by atoms with E-state index in [2.05, 4.69) is 38.2 Å². The van der Waals surface area contributed by atoms with Gasteiger partial charge in [0.05, 0.1) is 0 Å². The fraction of sp³-hybridized carbons (Fsp3) is 0.750. The Hall–Kier alpha value is -0.520. The van der Waals surface area contributed by atoms with Gasteiger partial charge in [-0.05, 0) is 19.3 Å². The highest BCUT2D eigenvalue weighted by Gasteiger charge is 1.89. The average molecular weight is 222 g/mol. The van der Waals surface area contributed by atoms with Gasteiger partial charge in [-0.15, -0.1) is 0 Å². The van der Waals surface area contributed by atoms with Crippen LogP contribution in [0.15, 0.2) is 24.3 Å². The molecule has 0 unspecified atom stereocenters. The number of unbranched alkanes of at least 4 members (excludes halogenated alkanes) is 8. The van der Waals surface area contributed by atoms with Crippen LogP contribution in [0.3, 0.4) is 0 Å². The molecule has 0 aromatic heterocycles. The Kier molecular flexibility index (Phi) is 14.0. The topological polar surface area (TPSA) is 0 Å². The van der Waals surface area contributed by atoms with Crippen molar-refractivity contribution in [3.05, 3.63) is 24.3 Å². The summed E-state index contributed by atoms with van der Waals surface area (Å²) in [5.74, 6) is 0. The molecule has 94 valence electrons. The van der Waals surface area contributed by atoms with Crippen LogP contribution in [-0.4, -0.2) is 0 Å². The highest BCUT2D eigenvalue weighted by molar-refractivity contribution is 5.01. The minimum absolute atomic E-state index is 1.14. The average Bonchev–Trinajstić information content (AvgIpc) is 2.31. The molecule has 0 aliphatic carbocycles. The molecule has 0 fully saturated rings. The number of allylic oxidation sites excluding steroid dienone is 4. The summed E-state index contributed by atoms with van der Waals surface area (Å²) >= 11 is 0. The molecule has 0 aromatic carbocycles. The molecule has 0 nitrogen and oxygen atoms in total. The maximum absolute atomic E-state index is 2.29. The standard InChI is InChI=1S/C16H30/c1-3-5-7-9-11-13-15-16-14-12-10-8-6-4-2/h5,7,9,11H,3-4,6,8,10,12-16H2,1-2H3. The first-order valence-electron chi connectivity index (χ1n) is 7.23. The predicted octanol–water partition coefficient (Wildman–Crippen LogP) is 6.04. The second-order valence-electron chi connectivity index (χ2n) is 4.53. The van der Waals surface area contributed by atoms with Crippen molar-refractivity contribution >= 4 is 0 Å². The van der Waals surface area contributed by atoms with E-state index in [1.54, 1.807) is 0 Å². The largest absolute Gasteiger partial charge is 0.0848 e. The summed E-state index contributed by atoms with van der Waals surface area (Å²) < 4.78 is 0. The smallest absolute Gasteiger partial charge is 0.0348 e. The van der Waals surface area contributed by atoms with E-state index in [-0.39, 0.29) is 0 Å². The zero-order valence-corrected chi connectivity index (χ0v) is 11.4. The summed E-state index contributed by atoms with van der Waals surface area (Å²) in [4.78, 5) is 0. The fourth-order valence-corrected chi connectivity index (χ4v) is 1.79. The molecule has 0 atom stereocenters. The van der Waals surface area contributed by atoms with Gasteiger partial charge in [-0.2, -0.15) is 0 Å². The Morgan fingerprint density at radius 3 is 1.81 bits per heavy atom. The molecule has 0 amide bonds. The van der Waals surface area contributed by atoms with Crippen LogP contribution >= 0.6 is 0 Å². The van der Waals surface area contributed by atoms with Crippen LogP contribution in [0.4, 0.5) is 0 Å². The van der Waals surface area contributed by atoms with Gasteiger partial charge in [0.1, 0.15) is 0 Å². The number of hydrogen-bond donors (Lipinski definition) is 0. The summed E-state index contributed by atoms with van der Waals surface area (Å²) in [6.45, 7) is 4.45. The van der Waals surface area contributed by atoms with E-state index in [0.717, 1.165) is 6.42 Å². The van der Waals surface area contributed by atoms with Crippen molar-refractivity contribution in [3.8, 4) is 0 Å². The van der Waals surface area contributed by atoms with E-state index in [4.69, 9.17) is 0 Å². The predicted molar refractivity (Wildman–Crippen MR) is 75.8 cm³/mol. The minimum atomic E-state index is 1.14. The molecule has 0 heteroatoms. The van der Waals surface area contributed by atoms with Crippen LogP contribution in [0.1, 0.15) is 78.1 Å². The van der Waals surface area contributed by atoms with Crippen molar-refractivity contribution < 1.29 is 0 Å². The van der Waals surface area contributed by atoms with Gasteiger partial charge in [0.2, 0.25) is 0 Å². The first-order chi connectivity index (χ1) is 7.91. The Labute approximate surface area is 103 Å². The molecule has 0 aliphatic rings. The van der Waals surface area contributed by atoms with E-state index >= 15 is 0 Å². The number of hydrogen-bond acceptors (Lipinski definition) is 0. The SMILES string of the molecule is CCC=CC=CCCCCCCCCCC. The van der Waals surface area contributed by atoms with Crippen LogP contribution in [0, 0.1) is 0 Å². The third-order valence-electron chi connectivity index (χ3n) is 2.84. The summed E-state index contributed by atoms with van der Waals surface area (Å²) in [6.07, 6.45) is 22.6. The Balaban J connectivity index is 3.03. The lowest BCUT2D eigenvalue weighted by molar-refractivity contribution is 0.577. The zero-order chi connectivity index (χ0) is 11.9. The highest BCUT2D eigenvalue weighted by Crippen LogP contribution is 2.09. The molecule has 0 N–H and O–H groups in total. The summed E-state index contributed by atoms with van der Waals surface area (Å²) in [5.41, 5.74) is 0. The van der Waals surface area contributed by atoms with Gasteiger partial charge in [-0.3, -0.25) is 0 Å². The molecule has 0 bridgehead atoms. The lowest BCUT2D eigenvalue weighted by Crippen LogP contribution is -1.79. The van der Waals surface area contributed by atoms with Crippen molar-refractivity contribution in [2.75, 3.05) is 0 Å². The van der Waals surface area contributed by atoms with Crippen molar-refractivity contribution in [2.45, 2.75) is 78.1 Å². The van der Waals surface area contributed by atoms with E-state index in [9.17, 15) is 0 Å². The fourth-order valence-electron chi connectivity index (χ4n) is 1.79. The molecule has 0 aliphatic heterocycles. The molecule has 0 aromatic rings. The molecule has 0 spiro atoms. The van der Waals surface area contributed by atoms with Crippen molar-refractivity contribution in [2.24, 2.45) is 0 Å². The monoisotopic (exact) mass is 222 g/mol. The summed E-state index contributed by atoms with van der Waals surface area (Å²) in [7, 11) is 0. The molecule has 0 heterocycles. The molecular formula is C16H30. The summed E-state index contributed by atoms with van der Waals surface area (Å²) in [6, 6.07) is 0. The third kappa shape index (κ3) is 13.5. The second kappa shape index (κ2) is 14.5. The van der Waals surface area contributed by atoms with Crippen LogP contribution in [0.2, 0.25) is 0 Å². The Morgan fingerprint density at radius 1 is 0.625 bits per heavy atom. The molecule has 0 saturated heterocycles. The molecule has 16 heavy (non-hydrogen) atoms. The molecule has 0 saturated carbocycles. The zero-order valence-electron chi connectivity index (χ0n) is 11.4. The highest BCUT2D eigenvalue weighted by atomic mass is 14.0. The van der Waals surface area contributed by atoms with Crippen molar-refractivity contribution in [1.82, 2.24) is 0 Å². The van der Waals surface area contributed by atoms with Crippen LogP contribution in [-0.2, 0) is 0 Å². The van der Waals surface area contributed by atoms with Gasteiger partial charge in [0, 0.05) is 0 Å².